The molecule has 1 saturated carbocycles. The molecule has 2 fully saturated rings. The Labute approximate surface area is 315 Å². The molecular weight excluding hydrogens is 708 g/mol. The van der Waals surface area contributed by atoms with Crippen LogP contribution < -0.4 is 5.69 Å². The lowest BCUT2D eigenvalue weighted by molar-refractivity contribution is -0.187. The zero-order valence-electron chi connectivity index (χ0n) is 31.1. The first-order valence-corrected chi connectivity index (χ1v) is 18.6. The third-order valence-corrected chi connectivity index (χ3v) is 11.8. The number of hydrogen-bond donors (Lipinski definition) is 0. The van der Waals surface area contributed by atoms with E-state index in [0.717, 1.165) is 11.3 Å². The van der Waals surface area contributed by atoms with Crippen molar-refractivity contribution in [1.29, 1.82) is 0 Å². The summed E-state index contributed by atoms with van der Waals surface area (Å²) in [6, 6.07) is 15.5. The molecule has 3 aromatic carbocycles. The Morgan fingerprint density at radius 2 is 1.64 bits per heavy atom. The van der Waals surface area contributed by atoms with Crippen LogP contribution in [0.5, 0.6) is 0 Å². The van der Waals surface area contributed by atoms with E-state index < -0.39 is 34.8 Å². The molecule has 2 aliphatic heterocycles. The van der Waals surface area contributed by atoms with E-state index >= 15 is 8.78 Å². The van der Waals surface area contributed by atoms with Crippen molar-refractivity contribution in [2.24, 2.45) is 7.05 Å². The Bertz CT molecular complexity index is 2500. The van der Waals surface area contributed by atoms with Crippen molar-refractivity contribution in [2.45, 2.75) is 70.3 Å². The number of fused-ring (bicyclic) bond motifs is 3. The Balaban J connectivity index is 1.23. The first kappa shape index (κ1) is 35.1. The number of carbonyl (C=O) groups excluding carboxylic acids is 1. The van der Waals surface area contributed by atoms with Crippen molar-refractivity contribution in [2.75, 3.05) is 19.8 Å². The number of aryl methyl sites for hydroxylation is 3. The van der Waals surface area contributed by atoms with E-state index in [1.54, 1.807) is 65.6 Å². The number of aromatic nitrogens is 6. The minimum Gasteiger partial charge on any atom is -0.445 e. The van der Waals surface area contributed by atoms with E-state index in [1.165, 1.54) is 21.5 Å². The van der Waals surface area contributed by atoms with E-state index in [1.807, 2.05) is 37.3 Å². The quantitative estimate of drug-likeness (QED) is 0.189. The van der Waals surface area contributed by atoms with Crippen LogP contribution in [0.2, 0.25) is 0 Å². The van der Waals surface area contributed by atoms with E-state index in [0.29, 0.717) is 79.2 Å². The Hall–Kier alpha value is -5.60. The van der Waals surface area contributed by atoms with Gasteiger partial charge in [0.25, 0.3) is 0 Å². The predicted molar refractivity (Wildman–Crippen MR) is 199 cm³/mol. The summed E-state index contributed by atoms with van der Waals surface area (Å²) >= 11 is 0. The molecular formula is C41H41F2N7O5. The van der Waals surface area contributed by atoms with E-state index in [2.05, 4.69) is 5.10 Å². The molecule has 2 spiro atoms. The summed E-state index contributed by atoms with van der Waals surface area (Å²) in [5, 5.41) is 9.77. The molecule has 0 N–H and O–H groups in total. The van der Waals surface area contributed by atoms with Crippen molar-refractivity contribution in [3.8, 4) is 17.2 Å². The Morgan fingerprint density at radius 1 is 0.945 bits per heavy atom. The largest absolute Gasteiger partial charge is 0.445 e. The normalized spacial score (nSPS) is 18.7. The molecule has 0 radical (unpaired) electrons. The molecule has 284 valence electrons. The van der Waals surface area contributed by atoms with E-state index in [-0.39, 0.29) is 23.5 Å². The number of carbonyl (C=O) groups is 1. The van der Waals surface area contributed by atoms with Crippen LogP contribution >= 0.6 is 0 Å². The number of amides is 1. The lowest BCUT2D eigenvalue weighted by Crippen LogP contribution is -2.53. The number of ether oxygens (including phenoxy) is 3. The smallest absolute Gasteiger partial charge is 0.410 e. The SMILES string of the molecule is Cc1cc(-n2nc3c(c2-n2ccn(-c4ccc5c(cnn5C)c4F)c2=O)[C@H](C)N(C(=O)OCc2ccccc2)CC32CCC3(CC2)OCCO3)cc(C)c1F. The summed E-state index contributed by atoms with van der Waals surface area (Å²) in [4.78, 5) is 30.5. The fourth-order valence-corrected chi connectivity index (χ4v) is 8.75. The molecule has 0 bridgehead atoms. The molecule has 12 nitrogen and oxygen atoms in total. The molecule has 1 amide bonds. The number of rotatable bonds is 5. The summed E-state index contributed by atoms with van der Waals surface area (Å²) in [6.07, 6.45) is 6.35. The highest BCUT2D eigenvalue weighted by atomic mass is 19.1. The lowest BCUT2D eigenvalue weighted by Gasteiger charge is -2.49. The number of benzene rings is 3. The number of halogens is 2. The fraction of sp³-hybridized carbons (Fsp3) is 0.366. The molecule has 3 aromatic heterocycles. The first-order chi connectivity index (χ1) is 26.5. The van der Waals surface area contributed by atoms with Gasteiger partial charge >= 0.3 is 11.8 Å². The number of nitrogens with zero attached hydrogens (tertiary/aromatic N) is 7. The highest BCUT2D eigenvalue weighted by Gasteiger charge is 2.54. The van der Waals surface area contributed by atoms with Crippen molar-refractivity contribution < 1.29 is 27.8 Å². The average Bonchev–Trinajstić information content (AvgIpc) is 3.99. The molecule has 55 heavy (non-hydrogen) atoms. The second kappa shape index (κ2) is 13.0. The van der Waals surface area contributed by atoms with Gasteiger partial charge in [0.1, 0.15) is 18.2 Å². The molecule has 9 rings (SSSR count). The van der Waals surface area contributed by atoms with Crippen molar-refractivity contribution in [1.82, 2.24) is 33.6 Å². The van der Waals surface area contributed by atoms with Gasteiger partial charge in [0.05, 0.1) is 53.4 Å². The number of imidazole rings is 1. The predicted octanol–water partition coefficient (Wildman–Crippen LogP) is 6.86. The average molecular weight is 750 g/mol. The van der Waals surface area contributed by atoms with E-state index in [9.17, 15) is 9.59 Å². The number of hydrogen-bond acceptors (Lipinski definition) is 7. The van der Waals surface area contributed by atoms with Gasteiger partial charge in [-0.1, -0.05) is 30.3 Å². The van der Waals surface area contributed by atoms with Crippen molar-refractivity contribution >= 4 is 17.0 Å². The van der Waals surface area contributed by atoms with Gasteiger partial charge in [-0.2, -0.15) is 10.2 Å². The zero-order chi connectivity index (χ0) is 38.2. The zero-order valence-corrected chi connectivity index (χ0v) is 31.1. The molecule has 1 aliphatic carbocycles. The summed E-state index contributed by atoms with van der Waals surface area (Å²) in [6.45, 7) is 6.71. The minimum atomic E-state index is -0.697. The molecule has 0 unspecified atom stereocenters. The van der Waals surface area contributed by atoms with Gasteiger partial charge in [-0.15, -0.1) is 0 Å². The van der Waals surface area contributed by atoms with Crippen LogP contribution in [-0.2, 0) is 33.3 Å². The topological polar surface area (TPSA) is 111 Å². The second-order valence-electron chi connectivity index (χ2n) is 15.0. The summed E-state index contributed by atoms with van der Waals surface area (Å²) in [7, 11) is 1.72. The summed E-state index contributed by atoms with van der Waals surface area (Å²) < 4.78 is 55.3. The van der Waals surface area contributed by atoms with Gasteiger partial charge in [0.2, 0.25) is 0 Å². The van der Waals surface area contributed by atoms with Gasteiger partial charge in [0.15, 0.2) is 11.6 Å². The van der Waals surface area contributed by atoms with Crippen LogP contribution in [0.4, 0.5) is 13.6 Å². The lowest BCUT2D eigenvalue weighted by atomic mass is 9.66. The molecule has 14 heteroatoms. The summed E-state index contributed by atoms with van der Waals surface area (Å²) in [5.41, 5.74) is 3.03. The molecule has 1 atom stereocenters. The van der Waals surface area contributed by atoms with Crippen LogP contribution in [0, 0.1) is 25.5 Å². The van der Waals surface area contributed by atoms with Crippen LogP contribution in [0.3, 0.4) is 0 Å². The van der Waals surface area contributed by atoms with Crippen molar-refractivity contribution in [3.63, 3.8) is 0 Å². The van der Waals surface area contributed by atoms with E-state index in [4.69, 9.17) is 19.3 Å². The maximum atomic E-state index is 16.1. The third kappa shape index (κ3) is 5.60. The van der Waals surface area contributed by atoms with Gasteiger partial charge < -0.3 is 19.1 Å². The molecule has 3 aliphatic rings. The molecule has 6 aromatic rings. The van der Waals surface area contributed by atoms with Gasteiger partial charge in [-0.05, 0) is 74.6 Å². The molecule has 5 heterocycles. The third-order valence-electron chi connectivity index (χ3n) is 11.8. The van der Waals surface area contributed by atoms with Crippen LogP contribution in [0.25, 0.3) is 28.1 Å². The maximum Gasteiger partial charge on any atom is 0.410 e. The van der Waals surface area contributed by atoms with Crippen LogP contribution in [0.1, 0.15) is 66.6 Å². The minimum absolute atomic E-state index is 0.0578. The van der Waals surface area contributed by atoms with Gasteiger partial charge in [0, 0.05) is 49.8 Å². The Morgan fingerprint density at radius 3 is 2.35 bits per heavy atom. The molecule has 1 saturated heterocycles. The van der Waals surface area contributed by atoms with Crippen LogP contribution in [-0.4, -0.2) is 65.2 Å². The monoisotopic (exact) mass is 749 g/mol. The summed E-state index contributed by atoms with van der Waals surface area (Å²) in [5.74, 6) is -1.25. The second-order valence-corrected chi connectivity index (χ2v) is 15.0. The highest BCUT2D eigenvalue weighted by molar-refractivity contribution is 5.81. The maximum absolute atomic E-state index is 16.1. The van der Waals surface area contributed by atoms with Gasteiger partial charge in [-0.3, -0.25) is 13.8 Å². The first-order valence-electron chi connectivity index (χ1n) is 18.6. The fourth-order valence-electron chi connectivity index (χ4n) is 8.75. The van der Waals surface area contributed by atoms with Gasteiger partial charge in [-0.25, -0.2) is 23.1 Å². The van der Waals surface area contributed by atoms with Crippen molar-refractivity contribution in [3.05, 3.63) is 123 Å². The van der Waals surface area contributed by atoms with Crippen LogP contribution in [0.15, 0.2) is 78.0 Å². The highest BCUT2D eigenvalue weighted by Crippen LogP contribution is 2.53. The Kier molecular flexibility index (Phi) is 8.31. The standard InChI is InChI=1S/C41H41F2N7O5/c1-25-20-29(21-26(2)34(25)42)50-37(48-17-16-47(38(48)51)32-11-10-31-30(35(32)43)22-44-46(31)4)33-27(3)49(39(52)53-23-28-8-6-5-7-9-28)24-40(36(33)45-50)12-14-41(15-13-40)54-18-19-55-41/h5-11,16-17,20-22,27H,12-15,18-19,23-24H2,1-4H3/t27-/m0/s1.